The lowest BCUT2D eigenvalue weighted by Gasteiger charge is -2.55. The van der Waals surface area contributed by atoms with Crippen LogP contribution in [0.2, 0.25) is 0 Å². The lowest BCUT2D eigenvalue weighted by atomic mass is 9.64. The molecule has 0 spiro atoms. The zero-order valence-electron chi connectivity index (χ0n) is 12.1. The fourth-order valence-electron chi connectivity index (χ4n) is 4.97. The largest absolute Gasteiger partial charge is 0.423 e. The third kappa shape index (κ3) is 1.83. The van der Waals surface area contributed by atoms with Crippen molar-refractivity contribution < 1.29 is 4.42 Å². The summed E-state index contributed by atoms with van der Waals surface area (Å²) in [6, 6.07) is 12.5. The predicted molar refractivity (Wildman–Crippen MR) is 82.1 cm³/mol. The molecule has 6 rings (SSSR count). The molecule has 2 aliphatic heterocycles. The second-order valence-electron chi connectivity index (χ2n) is 7.00. The number of aromatic nitrogens is 1. The summed E-state index contributed by atoms with van der Waals surface area (Å²) >= 11 is 0. The van der Waals surface area contributed by atoms with Crippen molar-refractivity contribution in [2.24, 2.45) is 11.8 Å². The van der Waals surface area contributed by atoms with Crippen molar-refractivity contribution in [3.05, 3.63) is 36.5 Å². The van der Waals surface area contributed by atoms with E-state index >= 15 is 0 Å². The van der Waals surface area contributed by atoms with E-state index in [-0.39, 0.29) is 0 Å². The van der Waals surface area contributed by atoms with Gasteiger partial charge in [-0.2, -0.15) is 0 Å². The Morgan fingerprint density at radius 3 is 2.24 bits per heavy atom. The topological polar surface area (TPSA) is 29.3 Å². The van der Waals surface area contributed by atoms with Gasteiger partial charge in [0.2, 0.25) is 0 Å². The van der Waals surface area contributed by atoms with Crippen LogP contribution in [0, 0.1) is 11.8 Å². The van der Waals surface area contributed by atoms with Crippen molar-refractivity contribution in [2.75, 3.05) is 4.90 Å². The molecule has 0 unspecified atom stereocenters. The molecule has 3 nitrogen and oxygen atoms in total. The molecule has 1 aromatic carbocycles. The van der Waals surface area contributed by atoms with E-state index in [2.05, 4.69) is 22.0 Å². The number of oxazole rings is 1. The minimum absolute atomic E-state index is 0.670. The smallest absolute Gasteiger partial charge is 0.298 e. The number of hydrogen-bond donors (Lipinski definition) is 0. The zero-order valence-corrected chi connectivity index (χ0v) is 12.1. The fourth-order valence-corrected chi connectivity index (χ4v) is 4.97. The van der Waals surface area contributed by atoms with Gasteiger partial charge in [-0.25, -0.2) is 4.98 Å². The molecule has 21 heavy (non-hydrogen) atoms. The van der Waals surface area contributed by atoms with Crippen molar-refractivity contribution in [1.82, 2.24) is 4.98 Å². The first-order chi connectivity index (χ1) is 10.4. The first-order valence-corrected chi connectivity index (χ1v) is 8.16. The van der Waals surface area contributed by atoms with E-state index in [0.29, 0.717) is 12.1 Å². The lowest BCUT2D eigenvalue weighted by molar-refractivity contribution is 0.0852. The number of rotatable bonds is 2. The third-order valence-corrected chi connectivity index (χ3v) is 5.65. The van der Waals surface area contributed by atoms with Crippen LogP contribution in [0.1, 0.15) is 32.1 Å². The highest BCUT2D eigenvalue weighted by Gasteiger charge is 2.48. The summed E-state index contributed by atoms with van der Waals surface area (Å²) in [6.07, 6.45) is 8.73. The number of nitrogens with zero attached hydrogens (tertiary/aromatic N) is 2. The van der Waals surface area contributed by atoms with Crippen molar-refractivity contribution in [3.8, 4) is 11.3 Å². The van der Waals surface area contributed by atoms with Gasteiger partial charge in [-0.3, -0.25) is 0 Å². The van der Waals surface area contributed by atoms with Gasteiger partial charge >= 0.3 is 0 Å². The summed E-state index contributed by atoms with van der Waals surface area (Å²) in [4.78, 5) is 7.10. The molecule has 4 fully saturated rings. The summed E-state index contributed by atoms with van der Waals surface area (Å²) in [7, 11) is 0. The highest BCUT2D eigenvalue weighted by Crippen LogP contribution is 2.50. The molecular formula is C18H20N2O. The Balaban J connectivity index is 1.47. The average Bonchev–Trinajstić information content (AvgIpc) is 2.97. The molecule has 2 aliphatic carbocycles. The molecule has 4 aliphatic rings. The van der Waals surface area contributed by atoms with E-state index in [1.54, 1.807) is 0 Å². The van der Waals surface area contributed by atoms with Gasteiger partial charge in [-0.15, -0.1) is 0 Å². The second kappa shape index (κ2) is 4.36. The molecule has 1 aromatic heterocycles. The highest BCUT2D eigenvalue weighted by atomic mass is 16.4. The normalized spacial score (nSPS) is 33.6. The number of piperidine rings is 2. The van der Waals surface area contributed by atoms with Gasteiger partial charge < -0.3 is 9.32 Å². The summed E-state index contributed by atoms with van der Waals surface area (Å²) in [6.45, 7) is 0. The first kappa shape index (κ1) is 11.8. The van der Waals surface area contributed by atoms with Crippen molar-refractivity contribution in [1.29, 1.82) is 0 Å². The molecule has 2 saturated carbocycles. The highest BCUT2D eigenvalue weighted by molar-refractivity contribution is 5.57. The summed E-state index contributed by atoms with van der Waals surface area (Å²) in [5.74, 6) is 2.82. The maximum Gasteiger partial charge on any atom is 0.298 e. The Hall–Kier alpha value is -1.77. The summed E-state index contributed by atoms with van der Waals surface area (Å²) in [5, 5.41) is 0. The van der Waals surface area contributed by atoms with E-state index in [1.807, 2.05) is 24.4 Å². The third-order valence-electron chi connectivity index (χ3n) is 5.65. The molecule has 108 valence electrons. The van der Waals surface area contributed by atoms with E-state index in [0.717, 1.165) is 29.2 Å². The SMILES string of the molecule is c1ccc(-c2cnc(N3C4CC5CC(C4)CC3C5)o2)cc1. The molecule has 0 atom stereocenters. The van der Waals surface area contributed by atoms with E-state index in [9.17, 15) is 0 Å². The fraction of sp³-hybridized carbons (Fsp3) is 0.500. The second-order valence-corrected chi connectivity index (χ2v) is 7.00. The van der Waals surface area contributed by atoms with Gasteiger partial charge in [-0.1, -0.05) is 30.3 Å². The Kier molecular flexibility index (Phi) is 2.46. The molecule has 4 bridgehead atoms. The number of hydrogen-bond acceptors (Lipinski definition) is 3. The predicted octanol–water partition coefficient (Wildman–Crippen LogP) is 4.11. The molecule has 3 heterocycles. The van der Waals surface area contributed by atoms with Crippen LogP contribution in [0.5, 0.6) is 0 Å². The molecule has 0 N–H and O–H groups in total. The number of anilines is 1. The Labute approximate surface area is 125 Å². The molecular weight excluding hydrogens is 260 g/mol. The molecule has 0 radical (unpaired) electrons. The monoisotopic (exact) mass is 280 g/mol. The Morgan fingerprint density at radius 1 is 0.905 bits per heavy atom. The van der Waals surface area contributed by atoms with Crippen LogP contribution in [0.15, 0.2) is 40.9 Å². The minimum atomic E-state index is 0.670. The van der Waals surface area contributed by atoms with Gasteiger partial charge in [0.25, 0.3) is 6.01 Å². The molecule has 3 heteroatoms. The van der Waals surface area contributed by atoms with Crippen LogP contribution in [0.25, 0.3) is 11.3 Å². The Bertz CT molecular complexity index is 620. The quantitative estimate of drug-likeness (QED) is 0.829. The standard InChI is InChI=1S/C18H20N2O/c1-2-4-14(5-3-1)17-11-19-18(21-17)20-15-7-12-6-13(9-15)10-16(20)8-12/h1-5,11-13,15-16H,6-10H2. The summed E-state index contributed by atoms with van der Waals surface area (Å²) < 4.78 is 6.11. The summed E-state index contributed by atoms with van der Waals surface area (Å²) in [5.41, 5.74) is 1.11. The van der Waals surface area contributed by atoms with Crippen molar-refractivity contribution in [2.45, 2.75) is 44.2 Å². The number of benzene rings is 1. The van der Waals surface area contributed by atoms with Gasteiger partial charge in [0.1, 0.15) is 0 Å². The van der Waals surface area contributed by atoms with E-state index in [1.165, 1.54) is 32.1 Å². The van der Waals surface area contributed by atoms with Crippen molar-refractivity contribution >= 4 is 6.01 Å². The lowest BCUT2D eigenvalue weighted by Crippen LogP contribution is -2.58. The molecule has 2 saturated heterocycles. The molecule has 2 aromatic rings. The molecule has 0 amide bonds. The van der Waals surface area contributed by atoms with Crippen LogP contribution in [-0.4, -0.2) is 17.1 Å². The van der Waals surface area contributed by atoms with Crippen LogP contribution >= 0.6 is 0 Å². The minimum Gasteiger partial charge on any atom is -0.423 e. The maximum atomic E-state index is 6.11. The Morgan fingerprint density at radius 2 is 1.57 bits per heavy atom. The van der Waals surface area contributed by atoms with E-state index < -0.39 is 0 Å². The van der Waals surface area contributed by atoms with Crippen molar-refractivity contribution in [3.63, 3.8) is 0 Å². The van der Waals surface area contributed by atoms with Gasteiger partial charge in [0.15, 0.2) is 5.76 Å². The van der Waals surface area contributed by atoms with Crippen LogP contribution in [-0.2, 0) is 0 Å². The van der Waals surface area contributed by atoms with Gasteiger partial charge in [0, 0.05) is 17.6 Å². The van der Waals surface area contributed by atoms with Crippen LogP contribution in [0.3, 0.4) is 0 Å². The van der Waals surface area contributed by atoms with E-state index in [4.69, 9.17) is 4.42 Å². The van der Waals surface area contributed by atoms with Gasteiger partial charge in [0.05, 0.1) is 6.20 Å². The zero-order chi connectivity index (χ0) is 13.8. The average molecular weight is 280 g/mol. The first-order valence-electron chi connectivity index (χ1n) is 8.16. The van der Waals surface area contributed by atoms with Gasteiger partial charge in [-0.05, 0) is 43.9 Å². The van der Waals surface area contributed by atoms with Crippen LogP contribution in [0.4, 0.5) is 6.01 Å². The van der Waals surface area contributed by atoms with Crippen LogP contribution < -0.4 is 4.90 Å². The maximum absolute atomic E-state index is 6.11.